The van der Waals surface area contributed by atoms with E-state index in [1.165, 1.54) is 47.7 Å². The highest BCUT2D eigenvalue weighted by Crippen LogP contribution is 2.39. The molecule has 0 saturated carbocycles. The van der Waals surface area contributed by atoms with Gasteiger partial charge >= 0.3 is 0 Å². The fourth-order valence-electron chi connectivity index (χ4n) is 5.96. The van der Waals surface area contributed by atoms with Gasteiger partial charge in [0.2, 0.25) is 0 Å². The van der Waals surface area contributed by atoms with Crippen LogP contribution in [0, 0.1) is 12.7 Å². The Morgan fingerprint density at radius 3 is 2.71 bits per heavy atom. The summed E-state index contributed by atoms with van der Waals surface area (Å²) in [5.41, 5.74) is 8.79. The fraction of sp³-hybridized carbons (Fsp3) is 0.441. The molecule has 218 valence electrons. The number of nitrogens with zero attached hydrogens (tertiary/aromatic N) is 3. The van der Waals surface area contributed by atoms with Crippen LogP contribution in [0.3, 0.4) is 0 Å². The Bertz CT molecular complexity index is 1490. The lowest BCUT2D eigenvalue weighted by Crippen LogP contribution is -2.27. The lowest BCUT2D eigenvalue weighted by Gasteiger charge is -2.27. The first kappa shape index (κ1) is 29.5. The zero-order valence-electron chi connectivity index (χ0n) is 24.9. The molecule has 4 aromatic rings. The third kappa shape index (κ3) is 6.76. The minimum absolute atomic E-state index is 0.0821. The average Bonchev–Trinajstić information content (AvgIpc) is 3.26. The molecule has 41 heavy (non-hydrogen) atoms. The average molecular weight is 576 g/mol. The highest BCUT2D eigenvalue weighted by molar-refractivity contribution is 7.56. The molecule has 2 aromatic carbocycles. The SMILES string of the molecule is CCc1c(C)cn2cc(-c3cccc(-c4ccc(F)cc4OC(C)CCCCO)c3)nc2c1N1CCCP(C)CC1. The van der Waals surface area contributed by atoms with Gasteiger partial charge in [-0.2, -0.15) is 0 Å². The van der Waals surface area contributed by atoms with Gasteiger partial charge < -0.3 is 19.1 Å². The van der Waals surface area contributed by atoms with Crippen molar-refractivity contribution in [3.63, 3.8) is 0 Å². The molecule has 1 saturated heterocycles. The maximum absolute atomic E-state index is 14.3. The number of aliphatic hydroxyl groups excluding tert-OH is 1. The van der Waals surface area contributed by atoms with Crippen molar-refractivity contribution in [1.82, 2.24) is 9.38 Å². The van der Waals surface area contributed by atoms with E-state index in [-0.39, 0.29) is 26.4 Å². The van der Waals surface area contributed by atoms with E-state index in [9.17, 15) is 4.39 Å². The van der Waals surface area contributed by atoms with Gasteiger partial charge in [-0.25, -0.2) is 9.37 Å². The van der Waals surface area contributed by atoms with E-state index in [2.05, 4.69) is 54.3 Å². The number of benzene rings is 2. The number of halogens is 1. The summed E-state index contributed by atoms with van der Waals surface area (Å²) in [5, 5.41) is 9.11. The summed E-state index contributed by atoms with van der Waals surface area (Å²) in [6.45, 7) is 11.2. The van der Waals surface area contributed by atoms with Gasteiger partial charge in [0.05, 0.1) is 17.5 Å². The third-order valence-electron chi connectivity index (χ3n) is 8.19. The molecule has 0 bridgehead atoms. The Balaban J connectivity index is 1.51. The first-order valence-electron chi connectivity index (χ1n) is 15.0. The second-order valence-corrected chi connectivity index (χ2v) is 14.0. The quantitative estimate of drug-likeness (QED) is 0.154. The van der Waals surface area contributed by atoms with E-state index in [1.807, 2.05) is 19.1 Å². The molecule has 0 radical (unpaired) electrons. The number of aryl methyl sites for hydroxylation is 1. The van der Waals surface area contributed by atoms with Gasteiger partial charge in [-0.15, -0.1) is 7.92 Å². The molecule has 1 N–H and O–H groups in total. The molecule has 2 aromatic heterocycles. The lowest BCUT2D eigenvalue weighted by molar-refractivity contribution is 0.199. The van der Waals surface area contributed by atoms with Crippen LogP contribution in [0.15, 0.2) is 54.9 Å². The number of aliphatic hydroxyl groups is 1. The second-order valence-electron chi connectivity index (χ2n) is 11.4. The van der Waals surface area contributed by atoms with Crippen molar-refractivity contribution in [3.05, 3.63) is 71.8 Å². The molecule has 5 rings (SSSR count). The Hall–Kier alpha value is -2.95. The van der Waals surface area contributed by atoms with Gasteiger partial charge in [-0.1, -0.05) is 25.1 Å². The highest BCUT2D eigenvalue weighted by Gasteiger charge is 2.22. The Morgan fingerprint density at radius 2 is 1.90 bits per heavy atom. The molecule has 2 atom stereocenters. The zero-order chi connectivity index (χ0) is 28.9. The number of imidazole rings is 1. The number of hydrogen-bond acceptors (Lipinski definition) is 4. The number of rotatable bonds is 10. The van der Waals surface area contributed by atoms with Crippen LogP contribution < -0.4 is 9.64 Å². The first-order chi connectivity index (χ1) is 19.9. The Kier molecular flexibility index (Phi) is 9.62. The molecule has 1 fully saturated rings. The van der Waals surface area contributed by atoms with Crippen molar-refractivity contribution in [2.45, 2.75) is 59.0 Å². The van der Waals surface area contributed by atoms with E-state index in [0.29, 0.717) is 5.75 Å². The smallest absolute Gasteiger partial charge is 0.161 e. The maximum atomic E-state index is 14.3. The van der Waals surface area contributed by atoms with E-state index in [4.69, 9.17) is 14.8 Å². The minimum atomic E-state index is -0.318. The topological polar surface area (TPSA) is 50.0 Å². The first-order valence-corrected chi connectivity index (χ1v) is 17.2. The van der Waals surface area contributed by atoms with E-state index >= 15 is 0 Å². The third-order valence-corrected chi connectivity index (χ3v) is 10.2. The number of unbranched alkanes of at least 4 members (excludes halogenated alkanes) is 1. The summed E-state index contributed by atoms with van der Waals surface area (Å²) in [5.74, 6) is 0.220. The van der Waals surface area contributed by atoms with Crippen LogP contribution in [0.5, 0.6) is 5.75 Å². The van der Waals surface area contributed by atoms with Crippen molar-refractivity contribution >= 4 is 19.3 Å². The molecule has 1 aliphatic rings. The van der Waals surface area contributed by atoms with Crippen molar-refractivity contribution in [3.8, 4) is 28.1 Å². The maximum Gasteiger partial charge on any atom is 0.161 e. The van der Waals surface area contributed by atoms with Crippen molar-refractivity contribution < 1.29 is 14.2 Å². The summed E-state index contributed by atoms with van der Waals surface area (Å²) in [4.78, 5) is 7.82. The molecule has 0 spiro atoms. The molecular formula is C34H43FN3O2P. The number of fused-ring (bicyclic) bond motifs is 1. The molecule has 0 amide bonds. The Labute approximate surface area is 245 Å². The van der Waals surface area contributed by atoms with Crippen LogP contribution in [0.25, 0.3) is 28.0 Å². The molecular weight excluding hydrogens is 532 g/mol. The number of hydrogen-bond donors (Lipinski definition) is 1. The van der Waals surface area contributed by atoms with E-state index in [1.54, 1.807) is 6.07 Å². The molecule has 7 heteroatoms. The van der Waals surface area contributed by atoms with Gasteiger partial charge in [0, 0.05) is 49.3 Å². The van der Waals surface area contributed by atoms with Crippen molar-refractivity contribution in [1.29, 1.82) is 0 Å². The van der Waals surface area contributed by atoms with Crippen LogP contribution >= 0.6 is 7.92 Å². The van der Waals surface area contributed by atoms with Crippen LogP contribution in [-0.4, -0.2) is 59.3 Å². The number of aromatic nitrogens is 2. The van der Waals surface area contributed by atoms with Gasteiger partial charge in [-0.05, 0) is 99.8 Å². The van der Waals surface area contributed by atoms with Crippen LogP contribution in [0.4, 0.5) is 10.1 Å². The molecule has 5 nitrogen and oxygen atoms in total. The standard InChI is InChI=1S/C34H43FN3O2P/c1-5-29-24(2)22-38-23-31(36-34(38)33(29)37-15-9-18-41(4)19-16-37)27-12-8-11-26(20-27)30-14-13-28(35)21-32(30)40-25(3)10-6-7-17-39/h8,11-14,20-23,25,39H,5-7,9-10,15-19H2,1-4H3. The van der Waals surface area contributed by atoms with Crippen LogP contribution in [0.1, 0.15) is 50.7 Å². The predicted octanol–water partition coefficient (Wildman–Crippen LogP) is 7.93. The van der Waals surface area contributed by atoms with Crippen LogP contribution in [0.2, 0.25) is 0 Å². The number of anilines is 1. The normalized spacial score (nSPS) is 16.6. The summed E-state index contributed by atoms with van der Waals surface area (Å²) >= 11 is 0. The van der Waals surface area contributed by atoms with Gasteiger partial charge in [0.15, 0.2) is 5.65 Å². The minimum Gasteiger partial charge on any atom is -0.490 e. The monoisotopic (exact) mass is 575 g/mol. The molecule has 2 unspecified atom stereocenters. The highest BCUT2D eigenvalue weighted by atomic mass is 31.1. The number of ether oxygens (including phenoxy) is 1. The number of pyridine rings is 1. The predicted molar refractivity (Wildman–Crippen MR) is 171 cm³/mol. The summed E-state index contributed by atoms with van der Waals surface area (Å²) in [6, 6.07) is 13.1. The van der Waals surface area contributed by atoms with Gasteiger partial charge in [-0.3, -0.25) is 0 Å². The van der Waals surface area contributed by atoms with Crippen LogP contribution in [-0.2, 0) is 6.42 Å². The largest absolute Gasteiger partial charge is 0.490 e. The summed E-state index contributed by atoms with van der Waals surface area (Å²) < 4.78 is 22.7. The molecule has 0 aliphatic carbocycles. The molecule has 3 heterocycles. The Morgan fingerprint density at radius 1 is 1.07 bits per heavy atom. The summed E-state index contributed by atoms with van der Waals surface area (Å²) in [6.07, 6.45) is 11.5. The molecule has 1 aliphatic heterocycles. The van der Waals surface area contributed by atoms with Gasteiger partial charge in [0.25, 0.3) is 0 Å². The summed E-state index contributed by atoms with van der Waals surface area (Å²) in [7, 11) is 0.116. The van der Waals surface area contributed by atoms with Crippen molar-refractivity contribution in [2.75, 3.05) is 43.6 Å². The van der Waals surface area contributed by atoms with Crippen molar-refractivity contribution in [2.24, 2.45) is 0 Å². The second kappa shape index (κ2) is 13.4. The van der Waals surface area contributed by atoms with Gasteiger partial charge in [0.1, 0.15) is 11.6 Å². The fourth-order valence-corrected chi connectivity index (χ4v) is 7.45. The van der Waals surface area contributed by atoms with E-state index in [0.717, 1.165) is 66.8 Å². The zero-order valence-corrected chi connectivity index (χ0v) is 25.8. The lowest BCUT2D eigenvalue weighted by atomic mass is 10.0. The van der Waals surface area contributed by atoms with E-state index < -0.39 is 0 Å².